The molecule has 1 heterocycles. The number of hydrogen-bond acceptors (Lipinski definition) is 4. The van der Waals surface area contributed by atoms with E-state index >= 15 is 0 Å². The maximum Gasteiger partial charge on any atom is 0.183 e. The minimum Gasteiger partial charge on any atom is -0.381 e. The van der Waals surface area contributed by atoms with Crippen LogP contribution in [0, 0.1) is 0 Å². The summed E-state index contributed by atoms with van der Waals surface area (Å²) in [5, 5.41) is 7.17. The Morgan fingerprint density at radius 3 is 2.62 bits per heavy atom. The summed E-state index contributed by atoms with van der Waals surface area (Å²) in [6.07, 6.45) is 8.44. The molecule has 0 radical (unpaired) electrons. The lowest BCUT2D eigenvalue weighted by Crippen LogP contribution is -2.22. The van der Waals surface area contributed by atoms with Gasteiger partial charge in [0.2, 0.25) is 0 Å². The number of benzene rings is 1. The van der Waals surface area contributed by atoms with Crippen molar-refractivity contribution in [2.45, 2.75) is 44.7 Å². The molecule has 1 aromatic carbocycles. The SMILES string of the molecule is Clc1ncc(CNc2ccccc2NC2CCCCC2)s1. The van der Waals surface area contributed by atoms with Gasteiger partial charge in [-0.3, -0.25) is 0 Å². The molecule has 5 heteroatoms. The first kappa shape index (κ1) is 14.7. The lowest BCUT2D eigenvalue weighted by atomic mass is 9.95. The number of nitrogens with zero attached hydrogens (tertiary/aromatic N) is 1. The highest BCUT2D eigenvalue weighted by atomic mass is 35.5. The second kappa shape index (κ2) is 7.14. The number of thiazole rings is 1. The third-order valence-corrected chi connectivity index (χ3v) is 4.99. The van der Waals surface area contributed by atoms with E-state index < -0.39 is 0 Å². The van der Waals surface area contributed by atoms with Crippen molar-refractivity contribution >= 4 is 34.3 Å². The van der Waals surface area contributed by atoms with E-state index in [2.05, 4.69) is 39.9 Å². The van der Waals surface area contributed by atoms with Crippen molar-refractivity contribution in [3.63, 3.8) is 0 Å². The van der Waals surface area contributed by atoms with Gasteiger partial charge in [0, 0.05) is 17.1 Å². The zero-order valence-corrected chi connectivity index (χ0v) is 13.5. The fourth-order valence-corrected chi connectivity index (χ4v) is 3.70. The molecule has 3 nitrogen and oxygen atoms in total. The second-order valence-corrected chi connectivity index (χ2v) is 7.16. The van der Waals surface area contributed by atoms with Gasteiger partial charge in [0.15, 0.2) is 4.47 Å². The third-order valence-electron chi connectivity index (χ3n) is 3.87. The molecule has 1 fully saturated rings. The van der Waals surface area contributed by atoms with Crippen LogP contribution in [0.5, 0.6) is 0 Å². The Morgan fingerprint density at radius 1 is 1.14 bits per heavy atom. The van der Waals surface area contributed by atoms with Crippen LogP contribution in [0.1, 0.15) is 37.0 Å². The van der Waals surface area contributed by atoms with Crippen LogP contribution < -0.4 is 10.6 Å². The molecule has 1 saturated carbocycles. The van der Waals surface area contributed by atoms with E-state index in [1.165, 1.54) is 49.1 Å². The van der Waals surface area contributed by atoms with Gasteiger partial charge < -0.3 is 10.6 Å². The maximum atomic E-state index is 5.87. The summed E-state index contributed by atoms with van der Waals surface area (Å²) in [6.45, 7) is 0.758. The minimum atomic E-state index is 0.598. The zero-order valence-electron chi connectivity index (χ0n) is 11.9. The number of rotatable bonds is 5. The molecule has 3 rings (SSSR count). The third kappa shape index (κ3) is 4.11. The summed E-state index contributed by atoms with van der Waals surface area (Å²) >= 11 is 7.39. The molecule has 0 bridgehead atoms. The first-order chi connectivity index (χ1) is 10.3. The van der Waals surface area contributed by atoms with Gasteiger partial charge in [-0.25, -0.2) is 4.98 Å². The Kier molecular flexibility index (Phi) is 4.99. The van der Waals surface area contributed by atoms with Gasteiger partial charge >= 0.3 is 0 Å². The topological polar surface area (TPSA) is 37.0 Å². The Balaban J connectivity index is 1.64. The molecule has 0 atom stereocenters. The first-order valence-electron chi connectivity index (χ1n) is 7.51. The van der Waals surface area contributed by atoms with Crippen molar-refractivity contribution in [1.82, 2.24) is 4.98 Å². The van der Waals surface area contributed by atoms with Gasteiger partial charge in [0.1, 0.15) is 0 Å². The average Bonchev–Trinajstić information content (AvgIpc) is 2.93. The van der Waals surface area contributed by atoms with Crippen molar-refractivity contribution in [2.24, 2.45) is 0 Å². The van der Waals surface area contributed by atoms with Crippen molar-refractivity contribution < 1.29 is 0 Å². The quantitative estimate of drug-likeness (QED) is 0.799. The van der Waals surface area contributed by atoms with Gasteiger partial charge in [0.05, 0.1) is 17.9 Å². The normalized spacial score (nSPS) is 15.9. The van der Waals surface area contributed by atoms with Gasteiger partial charge in [-0.1, -0.05) is 43.0 Å². The molecule has 0 amide bonds. The Hall–Kier alpha value is -1.26. The van der Waals surface area contributed by atoms with Crippen molar-refractivity contribution in [3.8, 4) is 0 Å². The highest BCUT2D eigenvalue weighted by Crippen LogP contribution is 2.27. The largest absolute Gasteiger partial charge is 0.381 e. The molecular weight excluding hydrogens is 302 g/mol. The molecule has 1 aliphatic carbocycles. The number of nitrogens with one attached hydrogen (secondary N) is 2. The van der Waals surface area contributed by atoms with Crippen molar-refractivity contribution in [3.05, 3.63) is 39.8 Å². The first-order valence-corrected chi connectivity index (χ1v) is 8.70. The molecule has 21 heavy (non-hydrogen) atoms. The molecule has 1 aromatic heterocycles. The van der Waals surface area contributed by atoms with Crippen molar-refractivity contribution in [2.75, 3.05) is 10.6 Å². The molecule has 0 unspecified atom stereocenters. The Morgan fingerprint density at radius 2 is 1.90 bits per heavy atom. The number of halogens is 1. The van der Waals surface area contributed by atoms with E-state index in [0.29, 0.717) is 10.5 Å². The smallest absolute Gasteiger partial charge is 0.183 e. The van der Waals surface area contributed by atoms with Crippen LogP contribution in [0.3, 0.4) is 0 Å². The van der Waals surface area contributed by atoms with Crippen LogP contribution in [-0.2, 0) is 6.54 Å². The number of aromatic nitrogens is 1. The monoisotopic (exact) mass is 321 g/mol. The predicted molar refractivity (Wildman–Crippen MR) is 91.4 cm³/mol. The van der Waals surface area contributed by atoms with Crippen LogP contribution in [0.25, 0.3) is 0 Å². The van der Waals surface area contributed by atoms with Crippen LogP contribution in [0.2, 0.25) is 4.47 Å². The van der Waals surface area contributed by atoms with Gasteiger partial charge in [0.25, 0.3) is 0 Å². The van der Waals surface area contributed by atoms with E-state index in [1.807, 2.05) is 6.20 Å². The van der Waals surface area contributed by atoms with Gasteiger partial charge in [-0.05, 0) is 25.0 Å². The lowest BCUT2D eigenvalue weighted by Gasteiger charge is -2.25. The Labute approximate surface area is 134 Å². The molecule has 0 saturated heterocycles. The molecule has 112 valence electrons. The highest BCUT2D eigenvalue weighted by molar-refractivity contribution is 7.15. The molecule has 0 spiro atoms. The van der Waals surface area contributed by atoms with Crippen LogP contribution in [-0.4, -0.2) is 11.0 Å². The fraction of sp³-hybridized carbons (Fsp3) is 0.438. The summed E-state index contributed by atoms with van der Waals surface area (Å²) in [5.41, 5.74) is 2.34. The molecule has 2 N–H and O–H groups in total. The zero-order chi connectivity index (χ0) is 14.5. The molecule has 0 aliphatic heterocycles. The van der Waals surface area contributed by atoms with Gasteiger partial charge in [-0.15, -0.1) is 11.3 Å². The average molecular weight is 322 g/mol. The molecule has 2 aromatic rings. The van der Waals surface area contributed by atoms with E-state index in [4.69, 9.17) is 11.6 Å². The van der Waals surface area contributed by atoms with Gasteiger partial charge in [-0.2, -0.15) is 0 Å². The summed E-state index contributed by atoms with van der Waals surface area (Å²) in [5.74, 6) is 0. The molecular formula is C16H20ClN3S. The highest BCUT2D eigenvalue weighted by Gasteiger charge is 2.14. The molecule has 1 aliphatic rings. The van der Waals surface area contributed by atoms with Crippen molar-refractivity contribution in [1.29, 1.82) is 0 Å². The lowest BCUT2D eigenvalue weighted by molar-refractivity contribution is 0.463. The summed E-state index contributed by atoms with van der Waals surface area (Å²) < 4.78 is 0.598. The van der Waals surface area contributed by atoms with E-state index in [-0.39, 0.29) is 0 Å². The summed E-state index contributed by atoms with van der Waals surface area (Å²) in [4.78, 5) is 5.22. The Bertz CT molecular complexity index is 578. The van der Waals surface area contributed by atoms with E-state index in [0.717, 1.165) is 17.1 Å². The summed E-state index contributed by atoms with van der Waals surface area (Å²) in [7, 11) is 0. The van der Waals surface area contributed by atoms with Crippen LogP contribution in [0.15, 0.2) is 30.5 Å². The van der Waals surface area contributed by atoms with Crippen LogP contribution in [0.4, 0.5) is 11.4 Å². The standard InChI is InChI=1S/C16H20ClN3S/c17-16-19-11-13(21-16)10-18-14-8-4-5-9-15(14)20-12-6-2-1-3-7-12/h4-5,8-9,11-12,18,20H,1-3,6-7,10H2. The van der Waals surface area contributed by atoms with Crippen LogP contribution >= 0.6 is 22.9 Å². The number of hydrogen-bond donors (Lipinski definition) is 2. The van der Waals surface area contributed by atoms with E-state index in [1.54, 1.807) is 0 Å². The predicted octanol–water partition coefficient (Wildman–Crippen LogP) is 5.15. The fourth-order valence-electron chi connectivity index (χ4n) is 2.78. The maximum absolute atomic E-state index is 5.87. The number of anilines is 2. The number of para-hydroxylation sites is 2. The minimum absolute atomic E-state index is 0.598. The van der Waals surface area contributed by atoms with E-state index in [9.17, 15) is 0 Å². The summed E-state index contributed by atoms with van der Waals surface area (Å²) in [6, 6.07) is 9.03. The second-order valence-electron chi connectivity index (χ2n) is 5.46.